The van der Waals surface area contributed by atoms with Crippen LogP contribution in [-0.4, -0.2) is 34.6 Å². The highest BCUT2D eigenvalue weighted by atomic mass is 16.5. The first-order chi connectivity index (χ1) is 12.1. The molecule has 1 aliphatic heterocycles. The summed E-state index contributed by atoms with van der Waals surface area (Å²) in [5.74, 6) is 2.18. The van der Waals surface area contributed by atoms with E-state index in [0.29, 0.717) is 36.4 Å². The molecule has 3 heterocycles. The minimum atomic E-state index is -0.178. The summed E-state index contributed by atoms with van der Waals surface area (Å²) in [6.45, 7) is 5.02. The lowest BCUT2D eigenvalue weighted by atomic mass is 10.1. The molecule has 0 N–H and O–H groups in total. The van der Waals surface area contributed by atoms with E-state index >= 15 is 0 Å². The first kappa shape index (κ1) is 17.7. The molecule has 7 heteroatoms. The molecule has 0 bridgehead atoms. The minimum Gasteiger partial charge on any atom is -0.453 e. The highest BCUT2D eigenvalue weighted by Gasteiger charge is 2.32. The van der Waals surface area contributed by atoms with Gasteiger partial charge in [-0.15, -0.1) is 0 Å². The van der Waals surface area contributed by atoms with Crippen LogP contribution in [0.3, 0.4) is 0 Å². The van der Waals surface area contributed by atoms with Crippen LogP contribution < -0.4 is 0 Å². The van der Waals surface area contributed by atoms with Crippen molar-refractivity contribution in [1.82, 2.24) is 15.0 Å². The van der Waals surface area contributed by atoms with E-state index in [4.69, 9.17) is 13.7 Å². The van der Waals surface area contributed by atoms with Crippen molar-refractivity contribution in [1.29, 1.82) is 0 Å². The van der Waals surface area contributed by atoms with Gasteiger partial charge in [0.05, 0.1) is 6.04 Å². The Morgan fingerprint density at radius 2 is 2.20 bits per heavy atom. The summed E-state index contributed by atoms with van der Waals surface area (Å²) in [5.41, 5.74) is 0. The van der Waals surface area contributed by atoms with E-state index in [9.17, 15) is 4.79 Å². The maximum absolute atomic E-state index is 13.0. The van der Waals surface area contributed by atoms with E-state index in [1.807, 2.05) is 18.7 Å². The molecular weight excluding hydrogens is 322 g/mol. The first-order valence-electron chi connectivity index (χ1n) is 8.82. The van der Waals surface area contributed by atoms with Crippen molar-refractivity contribution in [2.24, 2.45) is 0 Å². The van der Waals surface area contributed by atoms with Gasteiger partial charge in [0.25, 0.3) is 5.91 Å². The smallest absolute Gasteiger partial charge is 0.290 e. The number of carbonyl (C=O) groups excluding carboxylic acids is 1. The lowest BCUT2D eigenvalue weighted by Gasteiger charge is -2.26. The molecule has 0 spiro atoms. The largest absolute Gasteiger partial charge is 0.453 e. The normalized spacial score (nSPS) is 18.6. The maximum Gasteiger partial charge on any atom is 0.290 e. The molecule has 3 rings (SSSR count). The predicted molar refractivity (Wildman–Crippen MR) is 90.1 cm³/mol. The molecule has 0 saturated carbocycles. The van der Waals surface area contributed by atoms with Crippen molar-refractivity contribution in [3.63, 3.8) is 0 Å². The van der Waals surface area contributed by atoms with Crippen molar-refractivity contribution < 1.29 is 18.5 Å². The van der Waals surface area contributed by atoms with E-state index in [1.165, 1.54) is 0 Å². The predicted octanol–water partition coefficient (Wildman–Crippen LogP) is 3.69. The Balaban J connectivity index is 1.84. The van der Waals surface area contributed by atoms with Gasteiger partial charge in [-0.2, -0.15) is 4.98 Å². The summed E-state index contributed by atoms with van der Waals surface area (Å²) < 4.78 is 16.0. The van der Waals surface area contributed by atoms with Crippen molar-refractivity contribution in [3.05, 3.63) is 35.4 Å². The van der Waals surface area contributed by atoms with E-state index < -0.39 is 0 Å². The van der Waals surface area contributed by atoms with Gasteiger partial charge in [-0.1, -0.05) is 31.8 Å². The topological polar surface area (TPSA) is 81.6 Å². The molecule has 1 amide bonds. The fourth-order valence-corrected chi connectivity index (χ4v) is 3.09. The van der Waals surface area contributed by atoms with Gasteiger partial charge in [0, 0.05) is 19.6 Å². The second kappa shape index (κ2) is 7.82. The molecule has 25 heavy (non-hydrogen) atoms. The zero-order valence-corrected chi connectivity index (χ0v) is 15.0. The SMILES string of the molecule is COCc1ccc(C(=O)N2CCCCCC2c2noc(C(C)C)n2)o1. The summed E-state index contributed by atoms with van der Waals surface area (Å²) in [5, 5.41) is 4.13. The number of amides is 1. The third kappa shape index (κ3) is 3.92. The van der Waals surface area contributed by atoms with Crippen LogP contribution >= 0.6 is 0 Å². The van der Waals surface area contributed by atoms with Crippen molar-refractivity contribution in [2.45, 2.75) is 58.1 Å². The van der Waals surface area contributed by atoms with Gasteiger partial charge in [0.1, 0.15) is 12.4 Å². The lowest BCUT2D eigenvalue weighted by Crippen LogP contribution is -2.35. The van der Waals surface area contributed by atoms with E-state index in [0.717, 1.165) is 25.7 Å². The lowest BCUT2D eigenvalue weighted by molar-refractivity contribution is 0.0630. The Morgan fingerprint density at radius 1 is 1.36 bits per heavy atom. The minimum absolute atomic E-state index is 0.134. The molecule has 1 atom stereocenters. The fourth-order valence-electron chi connectivity index (χ4n) is 3.09. The number of aromatic nitrogens is 2. The molecule has 1 saturated heterocycles. The number of hydrogen-bond donors (Lipinski definition) is 0. The van der Waals surface area contributed by atoms with Gasteiger partial charge in [0.15, 0.2) is 11.6 Å². The molecule has 1 aliphatic rings. The molecule has 0 radical (unpaired) electrons. The van der Waals surface area contributed by atoms with Crippen LogP contribution in [0.25, 0.3) is 0 Å². The Morgan fingerprint density at radius 3 is 2.92 bits per heavy atom. The van der Waals surface area contributed by atoms with Gasteiger partial charge in [-0.05, 0) is 25.0 Å². The molecular formula is C18H25N3O4. The van der Waals surface area contributed by atoms with Crippen LogP contribution in [0.4, 0.5) is 0 Å². The standard InChI is InChI=1S/C18H25N3O4/c1-12(2)17-19-16(20-25-17)14-7-5-4-6-10-21(14)18(22)15-9-8-13(24-15)11-23-3/h8-9,12,14H,4-7,10-11H2,1-3H3. The van der Waals surface area contributed by atoms with Gasteiger partial charge in [0.2, 0.25) is 5.89 Å². The zero-order chi connectivity index (χ0) is 17.8. The number of carbonyl (C=O) groups is 1. The molecule has 1 fully saturated rings. The molecule has 1 unspecified atom stereocenters. The molecule has 2 aromatic heterocycles. The quantitative estimate of drug-likeness (QED) is 0.820. The highest BCUT2D eigenvalue weighted by Crippen LogP contribution is 2.31. The van der Waals surface area contributed by atoms with E-state index in [-0.39, 0.29) is 17.9 Å². The number of ether oxygens (including phenoxy) is 1. The Labute approximate surface area is 147 Å². The van der Waals surface area contributed by atoms with Crippen LogP contribution in [0.15, 0.2) is 21.1 Å². The van der Waals surface area contributed by atoms with E-state index in [1.54, 1.807) is 19.2 Å². The summed E-state index contributed by atoms with van der Waals surface area (Å²) in [4.78, 5) is 19.3. The van der Waals surface area contributed by atoms with Crippen molar-refractivity contribution >= 4 is 5.91 Å². The summed E-state index contributed by atoms with van der Waals surface area (Å²) in [6, 6.07) is 3.30. The van der Waals surface area contributed by atoms with Crippen LogP contribution in [0.1, 0.15) is 79.5 Å². The third-order valence-electron chi connectivity index (χ3n) is 4.42. The van der Waals surface area contributed by atoms with Gasteiger partial charge < -0.3 is 18.6 Å². The van der Waals surface area contributed by atoms with Crippen LogP contribution in [0, 0.1) is 0 Å². The number of rotatable bonds is 5. The average Bonchev–Trinajstić information content (AvgIpc) is 3.19. The first-order valence-corrected chi connectivity index (χ1v) is 8.82. The Hall–Kier alpha value is -2.15. The molecule has 136 valence electrons. The molecule has 2 aromatic rings. The number of methoxy groups -OCH3 is 1. The second-order valence-corrected chi connectivity index (χ2v) is 6.71. The number of hydrogen-bond acceptors (Lipinski definition) is 6. The molecule has 0 aromatic carbocycles. The second-order valence-electron chi connectivity index (χ2n) is 6.71. The summed E-state index contributed by atoms with van der Waals surface area (Å²) in [6.07, 6.45) is 3.91. The molecule has 7 nitrogen and oxygen atoms in total. The molecule has 0 aliphatic carbocycles. The van der Waals surface area contributed by atoms with Gasteiger partial charge in [-0.3, -0.25) is 4.79 Å². The zero-order valence-electron chi connectivity index (χ0n) is 15.0. The number of nitrogens with zero attached hydrogens (tertiary/aromatic N) is 3. The summed E-state index contributed by atoms with van der Waals surface area (Å²) in [7, 11) is 1.59. The average molecular weight is 347 g/mol. The Bertz CT molecular complexity index is 707. The highest BCUT2D eigenvalue weighted by molar-refractivity contribution is 5.91. The van der Waals surface area contributed by atoms with E-state index in [2.05, 4.69) is 10.1 Å². The van der Waals surface area contributed by atoms with Crippen molar-refractivity contribution in [3.8, 4) is 0 Å². The third-order valence-corrected chi connectivity index (χ3v) is 4.42. The van der Waals surface area contributed by atoms with Gasteiger partial charge in [-0.25, -0.2) is 0 Å². The number of furan rings is 1. The fraction of sp³-hybridized carbons (Fsp3) is 0.611. The maximum atomic E-state index is 13.0. The number of likely N-dealkylation sites (tertiary alicyclic amines) is 1. The van der Waals surface area contributed by atoms with Crippen LogP contribution in [-0.2, 0) is 11.3 Å². The summed E-state index contributed by atoms with van der Waals surface area (Å²) >= 11 is 0. The van der Waals surface area contributed by atoms with Crippen LogP contribution in [0.2, 0.25) is 0 Å². The Kier molecular flexibility index (Phi) is 5.53. The monoisotopic (exact) mass is 347 g/mol. The van der Waals surface area contributed by atoms with Gasteiger partial charge >= 0.3 is 0 Å². The van der Waals surface area contributed by atoms with Crippen LogP contribution in [0.5, 0.6) is 0 Å². The van der Waals surface area contributed by atoms with Crippen molar-refractivity contribution in [2.75, 3.05) is 13.7 Å².